The van der Waals surface area contributed by atoms with E-state index in [1.165, 1.54) is 6.07 Å². The lowest BCUT2D eigenvalue weighted by Crippen LogP contribution is -2.50. The molecule has 3 N–H and O–H groups in total. The minimum atomic E-state index is -2.88. The molecule has 0 aliphatic heterocycles. The van der Waals surface area contributed by atoms with E-state index in [9.17, 15) is 13.6 Å². The minimum absolute atomic E-state index is 0.0836. The van der Waals surface area contributed by atoms with Crippen LogP contribution in [-0.4, -0.2) is 18.1 Å². The van der Waals surface area contributed by atoms with Gasteiger partial charge in [-0.2, -0.15) is 8.78 Å². The summed E-state index contributed by atoms with van der Waals surface area (Å²) in [6.07, 6.45) is 0. The molecule has 4 nitrogen and oxygen atoms in total. The van der Waals surface area contributed by atoms with Gasteiger partial charge in [0.15, 0.2) is 0 Å². The van der Waals surface area contributed by atoms with Crippen LogP contribution in [0.1, 0.15) is 19.4 Å². The van der Waals surface area contributed by atoms with Crippen LogP contribution >= 0.6 is 0 Å². The Kier molecular flexibility index (Phi) is 4.61. The summed E-state index contributed by atoms with van der Waals surface area (Å²) in [7, 11) is 0. The molecule has 1 aromatic carbocycles. The van der Waals surface area contributed by atoms with Gasteiger partial charge >= 0.3 is 6.61 Å². The molecule has 100 valence electrons. The van der Waals surface area contributed by atoms with Crippen LogP contribution in [0.15, 0.2) is 24.3 Å². The van der Waals surface area contributed by atoms with Crippen LogP contribution in [0.3, 0.4) is 0 Å². The number of rotatable bonds is 6. The molecule has 0 aliphatic carbocycles. The number of alkyl halides is 2. The van der Waals surface area contributed by atoms with E-state index < -0.39 is 18.1 Å². The Morgan fingerprint density at radius 2 is 2.06 bits per heavy atom. The second-order valence-electron chi connectivity index (χ2n) is 4.33. The highest BCUT2D eigenvalue weighted by Gasteiger charge is 2.24. The van der Waals surface area contributed by atoms with Gasteiger partial charge < -0.3 is 10.5 Å². The largest absolute Gasteiger partial charge is 0.434 e. The molecule has 18 heavy (non-hydrogen) atoms. The van der Waals surface area contributed by atoms with Gasteiger partial charge in [0.05, 0.1) is 5.54 Å². The van der Waals surface area contributed by atoms with Gasteiger partial charge in [0, 0.05) is 12.1 Å². The normalized spacial score (nSPS) is 11.6. The van der Waals surface area contributed by atoms with Gasteiger partial charge in [-0.3, -0.25) is 10.1 Å². The van der Waals surface area contributed by atoms with Crippen molar-refractivity contribution in [1.29, 1.82) is 0 Å². The third-order valence-electron chi connectivity index (χ3n) is 2.53. The zero-order valence-corrected chi connectivity index (χ0v) is 10.2. The fourth-order valence-corrected chi connectivity index (χ4v) is 1.26. The first-order chi connectivity index (χ1) is 8.33. The predicted octanol–water partition coefficient (Wildman–Crippen LogP) is 1.64. The number of carbonyl (C=O) groups is 1. The van der Waals surface area contributed by atoms with Gasteiger partial charge in [0.25, 0.3) is 0 Å². The average molecular weight is 258 g/mol. The Bertz CT molecular complexity index is 422. The van der Waals surface area contributed by atoms with Crippen LogP contribution < -0.4 is 15.8 Å². The maximum atomic E-state index is 12.2. The highest BCUT2D eigenvalue weighted by Crippen LogP contribution is 2.20. The molecule has 0 heterocycles. The smallest absolute Gasteiger partial charge is 0.387 e. The molecule has 1 amide bonds. The number of hydrogen-bond acceptors (Lipinski definition) is 3. The number of benzene rings is 1. The summed E-state index contributed by atoms with van der Waals surface area (Å²) in [5.41, 5.74) is 4.82. The molecular weight excluding hydrogens is 242 g/mol. The number of ether oxygens (including phenoxy) is 1. The topological polar surface area (TPSA) is 64.3 Å². The minimum Gasteiger partial charge on any atom is -0.434 e. The number of halogens is 2. The Balaban J connectivity index is 2.76. The molecule has 1 aromatic rings. The van der Waals surface area contributed by atoms with Crippen molar-refractivity contribution >= 4 is 5.91 Å². The number of para-hydroxylation sites is 1. The van der Waals surface area contributed by atoms with Crippen LogP contribution in [0, 0.1) is 0 Å². The second kappa shape index (κ2) is 5.77. The number of amides is 1. The van der Waals surface area contributed by atoms with Gasteiger partial charge in [-0.25, -0.2) is 0 Å². The summed E-state index contributed by atoms with van der Waals surface area (Å²) in [4.78, 5) is 11.1. The van der Waals surface area contributed by atoms with Crippen molar-refractivity contribution in [2.24, 2.45) is 5.73 Å². The van der Waals surface area contributed by atoms with Crippen molar-refractivity contribution in [2.45, 2.75) is 32.5 Å². The van der Waals surface area contributed by atoms with Crippen molar-refractivity contribution in [3.8, 4) is 5.75 Å². The summed E-state index contributed by atoms with van der Waals surface area (Å²) < 4.78 is 28.8. The molecule has 0 fully saturated rings. The summed E-state index contributed by atoms with van der Waals surface area (Å²) in [5.74, 6) is -0.435. The third-order valence-corrected chi connectivity index (χ3v) is 2.53. The van der Waals surface area contributed by atoms with Crippen LogP contribution in [0.4, 0.5) is 8.78 Å². The SMILES string of the molecule is CC(C)(NCc1ccccc1OC(F)F)C(N)=O. The van der Waals surface area contributed by atoms with Crippen LogP contribution in [0.2, 0.25) is 0 Å². The van der Waals surface area contributed by atoms with Gasteiger partial charge in [-0.05, 0) is 19.9 Å². The molecule has 0 saturated carbocycles. The number of carbonyl (C=O) groups excluding carboxylic acids is 1. The molecule has 0 atom stereocenters. The standard InChI is InChI=1S/C12H16F2N2O2/c1-12(2,10(15)17)16-7-8-5-3-4-6-9(8)18-11(13)14/h3-6,11,16H,7H2,1-2H3,(H2,15,17). The zero-order chi connectivity index (χ0) is 13.8. The van der Waals surface area contributed by atoms with Gasteiger partial charge in [0.1, 0.15) is 5.75 Å². The lowest BCUT2D eigenvalue weighted by molar-refractivity contribution is -0.123. The first kappa shape index (κ1) is 14.4. The Labute approximate surface area is 104 Å². The first-order valence-corrected chi connectivity index (χ1v) is 5.40. The fraction of sp³-hybridized carbons (Fsp3) is 0.417. The highest BCUT2D eigenvalue weighted by atomic mass is 19.3. The molecule has 0 bridgehead atoms. The number of primary amides is 1. The van der Waals surface area contributed by atoms with Gasteiger partial charge in [-0.1, -0.05) is 18.2 Å². The summed E-state index contributed by atoms with van der Waals surface area (Å²) >= 11 is 0. The van der Waals surface area contributed by atoms with Crippen molar-refractivity contribution in [3.63, 3.8) is 0 Å². The molecule has 6 heteroatoms. The number of nitrogens with two attached hydrogens (primary N) is 1. The Morgan fingerprint density at radius 3 is 2.61 bits per heavy atom. The number of nitrogens with one attached hydrogen (secondary N) is 1. The van der Waals surface area contributed by atoms with Crippen LogP contribution in [0.25, 0.3) is 0 Å². The lowest BCUT2D eigenvalue weighted by atomic mass is 10.0. The Hall–Kier alpha value is -1.69. The van der Waals surface area contributed by atoms with E-state index in [0.717, 1.165) is 0 Å². The maximum Gasteiger partial charge on any atom is 0.387 e. The van der Waals surface area contributed by atoms with Crippen LogP contribution in [0.5, 0.6) is 5.75 Å². The van der Waals surface area contributed by atoms with Crippen molar-refractivity contribution in [1.82, 2.24) is 5.32 Å². The summed E-state index contributed by atoms with van der Waals surface area (Å²) in [5, 5.41) is 2.89. The lowest BCUT2D eigenvalue weighted by Gasteiger charge is -2.23. The van der Waals surface area contributed by atoms with Crippen molar-refractivity contribution < 1.29 is 18.3 Å². The number of hydrogen-bond donors (Lipinski definition) is 2. The van der Waals surface area contributed by atoms with E-state index in [1.807, 2.05) is 0 Å². The van der Waals surface area contributed by atoms with Gasteiger partial charge in [0.2, 0.25) is 5.91 Å². The Morgan fingerprint density at radius 1 is 1.44 bits per heavy atom. The zero-order valence-electron chi connectivity index (χ0n) is 10.2. The predicted molar refractivity (Wildman–Crippen MR) is 63.2 cm³/mol. The fourth-order valence-electron chi connectivity index (χ4n) is 1.26. The first-order valence-electron chi connectivity index (χ1n) is 5.40. The van der Waals surface area contributed by atoms with Crippen molar-refractivity contribution in [2.75, 3.05) is 0 Å². The molecular formula is C12H16F2N2O2. The molecule has 0 radical (unpaired) electrons. The van der Waals surface area contributed by atoms with E-state index in [-0.39, 0.29) is 12.3 Å². The van der Waals surface area contributed by atoms with E-state index in [1.54, 1.807) is 32.0 Å². The van der Waals surface area contributed by atoms with Crippen LogP contribution in [-0.2, 0) is 11.3 Å². The molecule has 0 aromatic heterocycles. The van der Waals surface area contributed by atoms with E-state index in [4.69, 9.17) is 5.73 Å². The monoisotopic (exact) mass is 258 g/mol. The summed E-state index contributed by atoms with van der Waals surface area (Å²) in [6, 6.07) is 6.38. The van der Waals surface area contributed by atoms with E-state index in [2.05, 4.69) is 10.1 Å². The molecule has 1 rings (SSSR count). The van der Waals surface area contributed by atoms with Crippen molar-refractivity contribution in [3.05, 3.63) is 29.8 Å². The molecule has 0 saturated heterocycles. The molecule has 0 unspecified atom stereocenters. The quantitative estimate of drug-likeness (QED) is 0.815. The van der Waals surface area contributed by atoms with Gasteiger partial charge in [-0.15, -0.1) is 0 Å². The maximum absolute atomic E-state index is 12.2. The second-order valence-corrected chi connectivity index (χ2v) is 4.33. The highest BCUT2D eigenvalue weighted by molar-refractivity contribution is 5.83. The molecule has 0 spiro atoms. The third kappa shape index (κ3) is 3.96. The van der Waals surface area contributed by atoms with E-state index >= 15 is 0 Å². The average Bonchev–Trinajstić information content (AvgIpc) is 2.27. The summed E-state index contributed by atoms with van der Waals surface area (Å²) in [6.45, 7) is 0.562. The molecule has 0 aliphatic rings. The van der Waals surface area contributed by atoms with E-state index in [0.29, 0.717) is 5.56 Å².